The summed E-state index contributed by atoms with van der Waals surface area (Å²) in [5.74, 6) is -3.94. The van der Waals surface area contributed by atoms with Crippen LogP contribution in [0.4, 0.5) is 0 Å². The number of rotatable bonds is 3. The van der Waals surface area contributed by atoms with Crippen molar-refractivity contribution in [3.8, 4) is 0 Å². The number of ketones is 1. The summed E-state index contributed by atoms with van der Waals surface area (Å²) in [7, 11) is 2.50. The second-order valence-electron chi connectivity index (χ2n) is 5.29. The van der Waals surface area contributed by atoms with Crippen molar-refractivity contribution in [3.05, 3.63) is 0 Å². The normalized spacial score (nSPS) is 40.0. The molecule has 0 spiro atoms. The summed E-state index contributed by atoms with van der Waals surface area (Å²) in [5, 5.41) is 10.2. The largest absolute Gasteiger partial charge is 0.469 e. The minimum Gasteiger partial charge on any atom is -0.469 e. The lowest BCUT2D eigenvalue weighted by molar-refractivity contribution is -0.166. The third-order valence-corrected chi connectivity index (χ3v) is 4.54. The standard InChI is InChI=1S/C13H18O6/c1-5(14)8-6-4-7(11(8)15)10(13(17)19-3)9(6)12(16)18-2/h6-11,15H,4H2,1-3H3. The number of aliphatic hydroxyl groups excluding tert-OH is 1. The van der Waals surface area contributed by atoms with Crippen LogP contribution in [0.1, 0.15) is 13.3 Å². The number of carbonyl (C=O) groups is 3. The molecule has 0 aliphatic heterocycles. The molecule has 2 saturated carbocycles. The van der Waals surface area contributed by atoms with E-state index in [4.69, 9.17) is 9.47 Å². The first-order valence-corrected chi connectivity index (χ1v) is 6.28. The molecule has 0 saturated heterocycles. The Balaban J connectivity index is 2.35. The van der Waals surface area contributed by atoms with Crippen LogP contribution in [-0.4, -0.2) is 43.2 Å². The average Bonchev–Trinajstić information content (AvgIpc) is 2.91. The number of aliphatic hydroxyl groups is 1. The van der Waals surface area contributed by atoms with E-state index in [1.165, 1.54) is 21.1 Å². The summed E-state index contributed by atoms with van der Waals surface area (Å²) < 4.78 is 9.45. The maximum absolute atomic E-state index is 11.9. The molecule has 106 valence electrons. The fourth-order valence-corrected chi connectivity index (χ4v) is 3.84. The van der Waals surface area contributed by atoms with Gasteiger partial charge in [-0.2, -0.15) is 0 Å². The van der Waals surface area contributed by atoms with Crippen LogP contribution < -0.4 is 0 Å². The lowest BCUT2D eigenvalue weighted by Crippen LogP contribution is -2.47. The summed E-state index contributed by atoms with van der Waals surface area (Å²) in [6.45, 7) is 1.40. The molecule has 0 amide bonds. The highest BCUT2D eigenvalue weighted by atomic mass is 16.5. The quantitative estimate of drug-likeness (QED) is 0.713. The first kappa shape index (κ1) is 14.0. The van der Waals surface area contributed by atoms with Crippen molar-refractivity contribution in [2.45, 2.75) is 19.4 Å². The van der Waals surface area contributed by atoms with Gasteiger partial charge in [-0.05, 0) is 25.2 Å². The van der Waals surface area contributed by atoms with Crippen LogP contribution in [0.5, 0.6) is 0 Å². The van der Waals surface area contributed by atoms with Gasteiger partial charge in [0.05, 0.1) is 32.2 Å². The summed E-state index contributed by atoms with van der Waals surface area (Å²) in [6, 6.07) is 0. The number of carbonyl (C=O) groups excluding carboxylic acids is 3. The highest BCUT2D eigenvalue weighted by Crippen LogP contribution is 2.56. The Kier molecular flexibility index (Phi) is 3.62. The van der Waals surface area contributed by atoms with E-state index in [1.54, 1.807) is 0 Å². The summed E-state index contributed by atoms with van der Waals surface area (Å²) in [5.41, 5.74) is 0. The number of fused-ring (bicyclic) bond motifs is 2. The van der Waals surface area contributed by atoms with Gasteiger partial charge in [0.25, 0.3) is 0 Å². The summed E-state index contributed by atoms with van der Waals surface area (Å²) in [6.07, 6.45) is -0.405. The zero-order chi connectivity index (χ0) is 14.3. The molecule has 6 heteroatoms. The third-order valence-electron chi connectivity index (χ3n) is 4.54. The molecule has 2 fully saturated rings. The zero-order valence-electron chi connectivity index (χ0n) is 11.2. The molecular formula is C13H18O6. The Bertz CT molecular complexity index is 417. The molecule has 1 N–H and O–H groups in total. The topological polar surface area (TPSA) is 89.9 Å². The smallest absolute Gasteiger partial charge is 0.309 e. The van der Waals surface area contributed by atoms with Crippen LogP contribution in [0, 0.1) is 29.6 Å². The van der Waals surface area contributed by atoms with E-state index in [9.17, 15) is 19.5 Å². The Morgan fingerprint density at radius 3 is 1.84 bits per heavy atom. The molecule has 6 unspecified atom stereocenters. The summed E-state index contributed by atoms with van der Waals surface area (Å²) >= 11 is 0. The number of Topliss-reactive ketones (excluding diaryl/α,β-unsaturated/α-hetero) is 1. The van der Waals surface area contributed by atoms with Crippen LogP contribution in [0.15, 0.2) is 0 Å². The van der Waals surface area contributed by atoms with Gasteiger partial charge in [-0.3, -0.25) is 14.4 Å². The predicted molar refractivity (Wildman–Crippen MR) is 62.8 cm³/mol. The zero-order valence-corrected chi connectivity index (χ0v) is 11.2. The van der Waals surface area contributed by atoms with Gasteiger partial charge in [-0.15, -0.1) is 0 Å². The lowest BCUT2D eigenvalue weighted by atomic mass is 9.71. The molecule has 0 radical (unpaired) electrons. The first-order valence-electron chi connectivity index (χ1n) is 6.28. The monoisotopic (exact) mass is 270 g/mol. The lowest BCUT2D eigenvalue weighted by Gasteiger charge is -2.34. The Morgan fingerprint density at radius 1 is 0.947 bits per heavy atom. The van der Waals surface area contributed by atoms with Crippen LogP contribution in [0.25, 0.3) is 0 Å². The van der Waals surface area contributed by atoms with Crippen molar-refractivity contribution >= 4 is 17.7 Å². The predicted octanol–water partition coefficient (Wildman–Crippen LogP) is -0.219. The van der Waals surface area contributed by atoms with Gasteiger partial charge in [-0.1, -0.05) is 0 Å². The molecule has 0 heterocycles. The van der Waals surface area contributed by atoms with E-state index in [1.807, 2.05) is 0 Å². The van der Waals surface area contributed by atoms with Gasteiger partial charge in [0.1, 0.15) is 5.78 Å². The molecule has 6 nitrogen and oxygen atoms in total. The van der Waals surface area contributed by atoms with Gasteiger partial charge in [0.15, 0.2) is 0 Å². The maximum atomic E-state index is 11.9. The molecule has 0 aromatic rings. The summed E-state index contributed by atoms with van der Waals surface area (Å²) in [4.78, 5) is 35.3. The average molecular weight is 270 g/mol. The molecule has 2 aliphatic carbocycles. The highest BCUT2D eigenvalue weighted by Gasteiger charge is 2.64. The van der Waals surface area contributed by atoms with Crippen molar-refractivity contribution in [1.82, 2.24) is 0 Å². The minimum absolute atomic E-state index is 0.155. The fraction of sp³-hybridized carbons (Fsp3) is 0.769. The molecule has 2 aliphatic rings. The van der Waals surface area contributed by atoms with Crippen molar-refractivity contribution in [1.29, 1.82) is 0 Å². The Morgan fingerprint density at radius 2 is 1.42 bits per heavy atom. The number of hydrogen-bond acceptors (Lipinski definition) is 6. The molecule has 0 aromatic carbocycles. The first-order chi connectivity index (χ1) is 8.93. The van der Waals surface area contributed by atoms with Crippen LogP contribution in [-0.2, 0) is 23.9 Å². The molecule has 6 atom stereocenters. The van der Waals surface area contributed by atoms with Crippen molar-refractivity contribution in [3.63, 3.8) is 0 Å². The molecule has 2 rings (SSSR count). The molecule has 2 bridgehead atoms. The number of hydrogen-bond donors (Lipinski definition) is 1. The van der Waals surface area contributed by atoms with Crippen LogP contribution in [0.2, 0.25) is 0 Å². The van der Waals surface area contributed by atoms with E-state index in [-0.39, 0.29) is 11.7 Å². The molecular weight excluding hydrogens is 252 g/mol. The van der Waals surface area contributed by atoms with Gasteiger partial charge < -0.3 is 14.6 Å². The SMILES string of the molecule is COC(=O)C1C2CC(C(C(C)=O)C2O)C1C(=O)OC. The van der Waals surface area contributed by atoms with Crippen molar-refractivity contribution in [2.24, 2.45) is 29.6 Å². The minimum atomic E-state index is -0.882. The second-order valence-corrected chi connectivity index (χ2v) is 5.29. The van der Waals surface area contributed by atoms with Gasteiger partial charge in [0, 0.05) is 5.92 Å². The van der Waals surface area contributed by atoms with Crippen molar-refractivity contribution in [2.75, 3.05) is 14.2 Å². The number of esters is 2. The number of ether oxygens (including phenoxy) is 2. The highest BCUT2D eigenvalue weighted by molar-refractivity contribution is 5.87. The van der Waals surface area contributed by atoms with E-state index in [2.05, 4.69) is 0 Å². The van der Waals surface area contributed by atoms with Gasteiger partial charge in [0.2, 0.25) is 0 Å². The van der Waals surface area contributed by atoms with Crippen LogP contribution >= 0.6 is 0 Å². The Labute approximate surface area is 111 Å². The van der Waals surface area contributed by atoms with Crippen molar-refractivity contribution < 1.29 is 29.0 Å². The van der Waals surface area contributed by atoms with Gasteiger partial charge >= 0.3 is 11.9 Å². The fourth-order valence-electron chi connectivity index (χ4n) is 3.84. The maximum Gasteiger partial charge on any atom is 0.309 e. The van der Waals surface area contributed by atoms with E-state index >= 15 is 0 Å². The number of methoxy groups -OCH3 is 2. The van der Waals surface area contributed by atoms with Crippen LogP contribution in [0.3, 0.4) is 0 Å². The molecule has 0 aromatic heterocycles. The van der Waals surface area contributed by atoms with Gasteiger partial charge in [-0.25, -0.2) is 0 Å². The molecule has 19 heavy (non-hydrogen) atoms. The van der Waals surface area contributed by atoms with E-state index < -0.39 is 41.7 Å². The Hall–Kier alpha value is -1.43. The second kappa shape index (κ2) is 4.92. The van der Waals surface area contributed by atoms with E-state index in [0.717, 1.165) is 0 Å². The third kappa shape index (κ3) is 1.94. The van der Waals surface area contributed by atoms with E-state index in [0.29, 0.717) is 6.42 Å².